The Morgan fingerprint density at radius 1 is 1.90 bits per heavy atom. The maximum absolute atomic E-state index is 5.03. The summed E-state index contributed by atoms with van der Waals surface area (Å²) in [5.74, 6) is 0. The van der Waals surface area contributed by atoms with E-state index in [9.17, 15) is 0 Å². The second kappa shape index (κ2) is 3.69. The zero-order valence-electron chi connectivity index (χ0n) is 6.14. The van der Waals surface area contributed by atoms with Crippen LogP contribution in [0.3, 0.4) is 0 Å². The third kappa shape index (κ3) is 1.93. The van der Waals surface area contributed by atoms with E-state index in [-0.39, 0.29) is 0 Å². The minimum absolute atomic E-state index is 0.560. The Balaban J connectivity index is 2.38. The van der Waals surface area contributed by atoms with Crippen molar-refractivity contribution in [2.24, 2.45) is 0 Å². The van der Waals surface area contributed by atoms with Crippen LogP contribution in [-0.4, -0.2) is 31.1 Å². The quantitative estimate of drug-likeness (QED) is 0.547. The predicted molar refractivity (Wildman–Crippen MR) is 50.1 cm³/mol. The van der Waals surface area contributed by atoms with Gasteiger partial charge >= 0.3 is 0 Å². The summed E-state index contributed by atoms with van der Waals surface area (Å²) < 4.78 is 5.03. The van der Waals surface area contributed by atoms with Crippen LogP contribution in [0.5, 0.6) is 0 Å². The summed E-state index contributed by atoms with van der Waals surface area (Å²) in [5, 5.41) is 0. The molecule has 1 saturated heterocycles. The molecule has 0 aromatic heterocycles. The molecule has 58 valence electrons. The molecule has 1 heterocycles. The van der Waals surface area contributed by atoms with Gasteiger partial charge in [-0.3, -0.25) is 4.90 Å². The predicted octanol–water partition coefficient (Wildman–Crippen LogP) is 1.61. The first-order chi connectivity index (χ1) is 4.74. The van der Waals surface area contributed by atoms with Crippen molar-refractivity contribution < 1.29 is 3.07 Å². The van der Waals surface area contributed by atoms with Crippen LogP contribution >= 0.6 is 23.0 Å². The Morgan fingerprint density at radius 3 is 3.00 bits per heavy atom. The summed E-state index contributed by atoms with van der Waals surface area (Å²) in [6, 6.07) is 0.560. The van der Waals surface area contributed by atoms with Crippen LogP contribution in [0.15, 0.2) is 12.2 Å². The molecule has 0 amide bonds. The lowest BCUT2D eigenvalue weighted by molar-refractivity contribution is 0.237. The van der Waals surface area contributed by atoms with Crippen LogP contribution in [0.4, 0.5) is 0 Å². The Bertz CT molecular complexity index is 138. The van der Waals surface area contributed by atoms with Gasteiger partial charge in [-0.1, -0.05) is 12.2 Å². The molecule has 0 radical (unpaired) electrons. The van der Waals surface area contributed by atoms with E-state index >= 15 is 0 Å². The van der Waals surface area contributed by atoms with E-state index in [1.54, 1.807) is 0 Å². The highest BCUT2D eigenvalue weighted by Crippen LogP contribution is 2.19. The number of likely N-dealkylation sites (N-methyl/N-ethyl adjacent to an activating group) is 1. The Hall–Kier alpha value is 0.390. The Morgan fingerprint density at radius 2 is 2.60 bits per heavy atom. The van der Waals surface area contributed by atoms with Gasteiger partial charge in [-0.05, 0) is 13.5 Å². The first kappa shape index (κ1) is 8.49. The molecule has 1 atom stereocenters. The monoisotopic (exact) mass is 253 g/mol. The number of likely N-dealkylation sites (tertiary alicyclic amines) is 1. The smallest absolute Gasteiger partial charge is 0.109 e. The van der Waals surface area contributed by atoms with Crippen LogP contribution in [0.25, 0.3) is 0 Å². The van der Waals surface area contributed by atoms with Crippen LogP contribution in [0.2, 0.25) is 0 Å². The summed E-state index contributed by atoms with van der Waals surface area (Å²) >= 11 is 1.94. The molecule has 3 heteroatoms. The van der Waals surface area contributed by atoms with E-state index in [1.165, 1.54) is 5.57 Å². The van der Waals surface area contributed by atoms with Gasteiger partial charge in [-0.2, -0.15) is 0 Å². The van der Waals surface area contributed by atoms with E-state index in [4.69, 9.17) is 3.07 Å². The fourth-order valence-corrected chi connectivity index (χ4v) is 1.71. The summed E-state index contributed by atoms with van der Waals surface area (Å²) in [6.45, 7) is 5.79. The molecule has 0 aromatic rings. The first-order valence-electron chi connectivity index (χ1n) is 3.34. The van der Waals surface area contributed by atoms with Gasteiger partial charge in [-0.15, -0.1) is 0 Å². The van der Waals surface area contributed by atoms with Gasteiger partial charge in [-0.25, -0.2) is 0 Å². The van der Waals surface area contributed by atoms with E-state index in [2.05, 4.69) is 18.5 Å². The van der Waals surface area contributed by atoms with Crippen molar-refractivity contribution in [3.05, 3.63) is 12.2 Å². The van der Waals surface area contributed by atoms with E-state index in [0.29, 0.717) is 6.04 Å². The van der Waals surface area contributed by atoms with Gasteiger partial charge < -0.3 is 3.07 Å². The maximum atomic E-state index is 5.03. The van der Waals surface area contributed by atoms with Gasteiger partial charge in [0.15, 0.2) is 0 Å². The zero-order valence-corrected chi connectivity index (χ0v) is 8.30. The lowest BCUT2D eigenvalue weighted by atomic mass is 10.2. The highest BCUT2D eigenvalue weighted by atomic mass is 127. The third-order valence-electron chi connectivity index (χ3n) is 1.88. The van der Waals surface area contributed by atoms with Crippen LogP contribution < -0.4 is 0 Å². The van der Waals surface area contributed by atoms with Crippen molar-refractivity contribution in [1.82, 2.24) is 4.90 Å². The molecule has 1 aliphatic rings. The van der Waals surface area contributed by atoms with Crippen molar-refractivity contribution in [2.45, 2.75) is 12.5 Å². The number of nitrogens with zero attached hydrogens (tertiary/aromatic N) is 1. The van der Waals surface area contributed by atoms with Gasteiger partial charge in [0.2, 0.25) is 0 Å². The molecule has 0 bridgehead atoms. The molecule has 0 saturated carbocycles. The highest BCUT2D eigenvalue weighted by molar-refractivity contribution is 14.1. The van der Waals surface area contributed by atoms with Crippen molar-refractivity contribution in [2.75, 3.05) is 20.2 Å². The molecule has 0 spiro atoms. The van der Waals surface area contributed by atoms with E-state index in [0.717, 1.165) is 19.6 Å². The third-order valence-corrected chi connectivity index (χ3v) is 2.24. The minimum Gasteiger partial charge on any atom is -0.314 e. The largest absolute Gasteiger partial charge is 0.314 e. The topological polar surface area (TPSA) is 12.5 Å². The molecular formula is C7H12INO. The van der Waals surface area contributed by atoms with E-state index in [1.807, 2.05) is 23.0 Å². The summed E-state index contributed by atoms with van der Waals surface area (Å²) in [7, 11) is 2.11. The normalized spacial score (nSPS) is 27.8. The van der Waals surface area contributed by atoms with Crippen LogP contribution in [0, 0.1) is 0 Å². The molecular weight excluding hydrogens is 241 g/mol. The molecule has 1 unspecified atom stereocenters. The SMILES string of the molecule is C=C1CC(COI)N(C)C1. The molecule has 0 aliphatic carbocycles. The fourth-order valence-electron chi connectivity index (χ4n) is 1.29. The second-order valence-electron chi connectivity index (χ2n) is 2.80. The Kier molecular flexibility index (Phi) is 3.13. The average Bonchev–Trinajstić information content (AvgIpc) is 2.13. The maximum Gasteiger partial charge on any atom is 0.109 e. The average molecular weight is 253 g/mol. The number of rotatable bonds is 2. The molecule has 1 fully saturated rings. The molecule has 1 aliphatic heterocycles. The summed E-state index contributed by atoms with van der Waals surface area (Å²) in [5.41, 5.74) is 1.32. The molecule has 2 nitrogen and oxygen atoms in total. The van der Waals surface area contributed by atoms with Crippen LogP contribution in [-0.2, 0) is 3.07 Å². The Labute approximate surface area is 75.9 Å². The minimum atomic E-state index is 0.560. The van der Waals surface area contributed by atoms with Crippen LogP contribution in [0.1, 0.15) is 6.42 Å². The van der Waals surface area contributed by atoms with Crippen molar-refractivity contribution in [3.8, 4) is 0 Å². The van der Waals surface area contributed by atoms with Crippen molar-refractivity contribution in [1.29, 1.82) is 0 Å². The summed E-state index contributed by atoms with van der Waals surface area (Å²) in [6.07, 6.45) is 1.10. The van der Waals surface area contributed by atoms with Crippen molar-refractivity contribution >= 4 is 23.0 Å². The lowest BCUT2D eigenvalue weighted by Crippen LogP contribution is -2.28. The summed E-state index contributed by atoms with van der Waals surface area (Å²) in [4.78, 5) is 2.28. The number of halogens is 1. The van der Waals surface area contributed by atoms with Gasteiger partial charge in [0.1, 0.15) is 23.0 Å². The first-order valence-corrected chi connectivity index (χ1v) is 4.22. The highest BCUT2D eigenvalue weighted by Gasteiger charge is 2.22. The van der Waals surface area contributed by atoms with Gasteiger partial charge in [0, 0.05) is 12.6 Å². The lowest BCUT2D eigenvalue weighted by Gasteiger charge is -2.16. The molecule has 10 heavy (non-hydrogen) atoms. The van der Waals surface area contributed by atoms with E-state index < -0.39 is 0 Å². The number of hydrogen-bond acceptors (Lipinski definition) is 2. The zero-order chi connectivity index (χ0) is 7.56. The molecule has 0 aromatic carbocycles. The standard InChI is InChI=1S/C7H12INO/c1-6-3-7(5-10-8)9(2)4-6/h7H,1,3-5H2,2H3. The fraction of sp³-hybridized carbons (Fsp3) is 0.714. The molecule has 0 N–H and O–H groups in total. The van der Waals surface area contributed by atoms with Gasteiger partial charge in [0.25, 0.3) is 0 Å². The molecule has 1 rings (SSSR count). The van der Waals surface area contributed by atoms with Crippen molar-refractivity contribution in [3.63, 3.8) is 0 Å². The number of hydrogen-bond donors (Lipinski definition) is 0. The van der Waals surface area contributed by atoms with Gasteiger partial charge in [0.05, 0.1) is 6.61 Å². The second-order valence-corrected chi connectivity index (χ2v) is 3.42.